The van der Waals surface area contributed by atoms with E-state index < -0.39 is 171 Å². The summed E-state index contributed by atoms with van der Waals surface area (Å²) in [7, 11) is 0. The van der Waals surface area contributed by atoms with Crippen molar-refractivity contribution < 1.29 is 110 Å². The Morgan fingerprint density at radius 2 is 0.724 bits per heavy atom. The molecule has 0 aliphatic carbocycles. The summed E-state index contributed by atoms with van der Waals surface area (Å²) in [6.45, 7) is 42.1. The number of hydrogen-bond donors (Lipinski definition) is 7. The van der Waals surface area contributed by atoms with Crippen LogP contribution in [0.25, 0.3) is 0 Å². The third-order valence-electron chi connectivity index (χ3n) is 17.3. The van der Waals surface area contributed by atoms with E-state index in [0.29, 0.717) is 38.8 Å². The number of nitrogens with one attached hydrogen (secondary N) is 7. The number of ether oxygens (including phenoxy) is 9. The molecular formula is C89H145N11O23. The number of nitrogens with zero attached hydrogens (tertiary/aromatic N) is 4. The molecule has 0 spiro atoms. The number of carbonyl (C=O) groups is 14. The Bertz CT molecular complexity index is 3720. The molecule has 34 heteroatoms. The molecule has 34 nitrogen and oxygen atoms in total. The van der Waals surface area contributed by atoms with Crippen molar-refractivity contribution >= 4 is 83.3 Å². The Morgan fingerprint density at radius 1 is 0.350 bits per heavy atom. The molecule has 5 atom stereocenters. The lowest BCUT2D eigenvalue weighted by molar-refractivity contribution is -0.163. The van der Waals surface area contributed by atoms with Crippen LogP contribution in [0.3, 0.4) is 0 Å². The number of urea groups is 1. The molecule has 7 N–H and O–H groups in total. The van der Waals surface area contributed by atoms with Gasteiger partial charge in [0.15, 0.2) is 6.61 Å². The molecule has 3 rings (SSSR count). The van der Waals surface area contributed by atoms with Crippen molar-refractivity contribution in [3.05, 3.63) is 65.7 Å². The second-order valence-electron chi connectivity index (χ2n) is 38.7. The van der Waals surface area contributed by atoms with Crippen molar-refractivity contribution in [1.29, 1.82) is 0 Å². The number of amides is 7. The maximum absolute atomic E-state index is 14.5. The van der Waals surface area contributed by atoms with Gasteiger partial charge in [-0.1, -0.05) is 30.3 Å². The molecule has 2 aromatic carbocycles. The maximum atomic E-state index is 14.5. The van der Waals surface area contributed by atoms with Gasteiger partial charge in [0, 0.05) is 90.3 Å². The zero-order chi connectivity index (χ0) is 93.1. The predicted octanol–water partition coefficient (Wildman–Crippen LogP) is 7.50. The summed E-state index contributed by atoms with van der Waals surface area (Å²) < 4.78 is 51.2. The minimum atomic E-state index is -1.28. The van der Waals surface area contributed by atoms with Gasteiger partial charge >= 0.3 is 53.8 Å². The maximum Gasteiger partial charge on any atom is 0.329 e. The second-order valence-corrected chi connectivity index (χ2v) is 38.7. The molecule has 0 aromatic heterocycles. The van der Waals surface area contributed by atoms with E-state index in [1.165, 1.54) is 24.3 Å². The summed E-state index contributed by atoms with van der Waals surface area (Å²) in [6, 6.07) is 8.42. The molecule has 0 bridgehead atoms. The van der Waals surface area contributed by atoms with Crippen LogP contribution >= 0.6 is 0 Å². The van der Waals surface area contributed by atoms with Crippen molar-refractivity contribution in [2.75, 3.05) is 98.2 Å². The summed E-state index contributed by atoms with van der Waals surface area (Å²) in [5, 5.41) is 18.9. The fourth-order valence-electron chi connectivity index (χ4n) is 12.2. The van der Waals surface area contributed by atoms with Crippen LogP contribution in [0.15, 0.2) is 54.6 Å². The van der Waals surface area contributed by atoms with Gasteiger partial charge in [-0.2, -0.15) is 0 Å². The van der Waals surface area contributed by atoms with E-state index in [9.17, 15) is 67.1 Å². The molecule has 1 aliphatic heterocycles. The van der Waals surface area contributed by atoms with Gasteiger partial charge in [0.2, 0.25) is 17.7 Å². The fourth-order valence-corrected chi connectivity index (χ4v) is 12.2. The average Bonchev–Trinajstić information content (AvgIpc) is 0.855. The van der Waals surface area contributed by atoms with E-state index in [0.717, 1.165) is 5.56 Å². The van der Waals surface area contributed by atoms with Crippen LogP contribution in [-0.2, 0) is 102 Å². The number of esters is 8. The Hall–Kier alpha value is -9.54. The lowest BCUT2D eigenvalue weighted by Crippen LogP contribution is -2.53. The van der Waals surface area contributed by atoms with E-state index in [1.54, 1.807) is 178 Å². The van der Waals surface area contributed by atoms with Gasteiger partial charge in [0.05, 0.1) is 26.2 Å². The predicted molar refractivity (Wildman–Crippen MR) is 461 cm³/mol. The quantitative estimate of drug-likeness (QED) is 0.0193. The van der Waals surface area contributed by atoms with E-state index in [1.807, 2.05) is 37.8 Å². The van der Waals surface area contributed by atoms with Crippen LogP contribution in [0.2, 0.25) is 0 Å². The highest BCUT2D eigenvalue weighted by molar-refractivity contribution is 5.94. The van der Waals surface area contributed by atoms with Gasteiger partial charge in [-0.3, -0.25) is 67.5 Å². The standard InChI is InChI=1S/C89H145N11O23/c1-82(2,3)116-71(104)43-40-65(79(112)122-88(19,20)21)96-81(114)95-64(78(111)121-87(16,17)18)35-29-31-45-91-76(109)66(54-60-32-26-25-27-33-60)94-70(103)59-115-62-38-36-61(37-39-62)75(108)90-44-30-28-34-63(77(110)120-86(13,14)15)93-69(102)55-92-68(101)42-41-67(80(113)123-89(22,23)24)100-52-50-98(57-73(106)118-84(7,8)9)48-46-97(56-72(105)117-83(4,5)6)47-49-99(51-53-100)58-74(107)119-85(10,11)12/h25-27,32-33,36-39,63-67H,28-31,34-35,40-59H2,1-24H3,(H,90,108)(H,91,109)(H,92,101)(H,93,102)(H,94,103)(H2,95,96,114)/t63-,64-,65-,66-,67?/m0/s1. The monoisotopic (exact) mass is 1740 g/mol. The minimum absolute atomic E-state index is 0.0624. The molecular weight excluding hydrogens is 1590 g/mol. The highest BCUT2D eigenvalue weighted by Gasteiger charge is 2.37. The molecule has 1 aliphatic rings. The van der Waals surface area contributed by atoms with Crippen LogP contribution < -0.4 is 42.0 Å². The van der Waals surface area contributed by atoms with Crippen LogP contribution in [0.1, 0.15) is 246 Å². The molecule has 1 unspecified atom stereocenters. The van der Waals surface area contributed by atoms with E-state index in [2.05, 4.69) is 37.2 Å². The lowest BCUT2D eigenvalue weighted by Gasteiger charge is -2.37. The molecule has 0 radical (unpaired) electrons. The van der Waals surface area contributed by atoms with Crippen LogP contribution in [0, 0.1) is 0 Å². The number of benzene rings is 2. The third-order valence-corrected chi connectivity index (χ3v) is 17.3. The first-order valence-corrected chi connectivity index (χ1v) is 42.6. The summed E-state index contributed by atoms with van der Waals surface area (Å²) in [5.41, 5.74) is -5.83. The lowest BCUT2D eigenvalue weighted by atomic mass is 10.0. The summed E-state index contributed by atoms with van der Waals surface area (Å²) in [4.78, 5) is 197. The minimum Gasteiger partial charge on any atom is -0.484 e. The third kappa shape index (κ3) is 50.7. The summed E-state index contributed by atoms with van der Waals surface area (Å²) in [5.74, 6) is -7.51. The average molecular weight is 1740 g/mol. The molecule has 1 heterocycles. The molecule has 123 heavy (non-hydrogen) atoms. The van der Waals surface area contributed by atoms with Gasteiger partial charge in [0.1, 0.15) is 80.8 Å². The highest BCUT2D eigenvalue weighted by Crippen LogP contribution is 2.22. The van der Waals surface area contributed by atoms with Crippen LogP contribution in [0.4, 0.5) is 4.79 Å². The Balaban J connectivity index is 1.67. The molecule has 694 valence electrons. The molecule has 2 aromatic rings. The van der Waals surface area contributed by atoms with Gasteiger partial charge in [-0.15, -0.1) is 0 Å². The van der Waals surface area contributed by atoms with Gasteiger partial charge in [-0.25, -0.2) is 19.2 Å². The molecule has 1 saturated heterocycles. The van der Waals surface area contributed by atoms with Gasteiger partial charge in [0.25, 0.3) is 11.8 Å². The second kappa shape index (κ2) is 49.8. The zero-order valence-electron chi connectivity index (χ0n) is 77.6. The highest BCUT2D eigenvalue weighted by atomic mass is 16.6. The van der Waals surface area contributed by atoms with Crippen LogP contribution in [0.5, 0.6) is 5.75 Å². The van der Waals surface area contributed by atoms with E-state index >= 15 is 0 Å². The van der Waals surface area contributed by atoms with Gasteiger partial charge in [-0.05, 0) is 247 Å². The zero-order valence-corrected chi connectivity index (χ0v) is 77.6. The van der Waals surface area contributed by atoms with E-state index in [4.69, 9.17) is 42.6 Å². The van der Waals surface area contributed by atoms with Crippen molar-refractivity contribution in [2.24, 2.45) is 0 Å². The van der Waals surface area contributed by atoms with Gasteiger partial charge < -0.3 is 79.8 Å². The molecule has 7 amide bonds. The number of hydrogen-bond acceptors (Lipinski definition) is 27. The van der Waals surface area contributed by atoms with E-state index in [-0.39, 0.29) is 128 Å². The first-order valence-electron chi connectivity index (χ1n) is 42.6. The Morgan fingerprint density at radius 3 is 1.15 bits per heavy atom. The number of carbonyl (C=O) groups excluding carboxylic acids is 14. The molecule has 0 saturated carbocycles. The normalized spacial score (nSPS) is 15.3. The van der Waals surface area contributed by atoms with Crippen LogP contribution in [-0.4, -0.2) is 276 Å². The largest absolute Gasteiger partial charge is 0.484 e. The van der Waals surface area contributed by atoms with Crippen molar-refractivity contribution in [1.82, 2.24) is 56.8 Å². The molecule has 1 fully saturated rings. The van der Waals surface area contributed by atoms with Crippen molar-refractivity contribution in [2.45, 2.75) is 312 Å². The Kier molecular flexibility index (Phi) is 43.6. The summed E-state index contributed by atoms with van der Waals surface area (Å²) in [6.07, 6.45) is 0.878. The Labute approximate surface area is 728 Å². The van der Waals surface area contributed by atoms with Crippen molar-refractivity contribution in [3.8, 4) is 5.75 Å². The first-order chi connectivity index (χ1) is 56.7. The SMILES string of the molecule is CC(C)(C)OC(=O)CC[C@H](NC(=O)N[C@@H](CCCCNC(=O)[C@H](Cc1ccccc1)NC(=O)COc1ccc(C(=O)NCCCC[C@H](NC(=O)CNC(=O)CCC(C(=O)OC(C)(C)C)N2CCN(CC(=O)OC(C)(C)C)CCN(CC(=O)OC(C)(C)C)CCN(CC(=O)OC(C)(C)C)CC2)C(=O)OC(C)(C)C)cc1)C(=O)OC(C)(C)C)C(=O)OC(C)(C)C. The summed E-state index contributed by atoms with van der Waals surface area (Å²) >= 11 is 0. The topological polar surface area (TPSA) is 419 Å². The fraction of sp³-hybridized carbons (Fsp3) is 0.708. The number of rotatable bonds is 40. The van der Waals surface area contributed by atoms with Crippen molar-refractivity contribution in [3.63, 3.8) is 0 Å². The smallest absolute Gasteiger partial charge is 0.329 e. The first kappa shape index (κ1) is 108. The number of unbranched alkanes of at least 4 members (excludes halogenated alkanes) is 2.